The van der Waals surface area contributed by atoms with Crippen LogP contribution in [0.4, 0.5) is 4.39 Å². The molecule has 0 bridgehead atoms. The standard InChI is InChI=1S/C16H14BrFN2O3/c17-12-5-7-13(8-6-12)23-10-16(22)20-19-15(21)9-11-3-1-2-4-14(11)18/h1-8H,9-10H2,(H,19,21)(H,20,22). The van der Waals surface area contributed by atoms with Crippen molar-refractivity contribution in [1.29, 1.82) is 0 Å². The van der Waals surface area contributed by atoms with E-state index in [1.54, 1.807) is 30.3 Å². The van der Waals surface area contributed by atoms with Crippen LogP contribution < -0.4 is 15.6 Å². The van der Waals surface area contributed by atoms with Crippen molar-refractivity contribution >= 4 is 27.7 Å². The van der Waals surface area contributed by atoms with Crippen LogP contribution in [0.5, 0.6) is 5.75 Å². The van der Waals surface area contributed by atoms with E-state index in [0.29, 0.717) is 5.75 Å². The summed E-state index contributed by atoms with van der Waals surface area (Å²) < 4.78 is 19.5. The highest BCUT2D eigenvalue weighted by atomic mass is 79.9. The Kier molecular flexibility index (Phi) is 6.10. The smallest absolute Gasteiger partial charge is 0.276 e. The minimum atomic E-state index is -0.521. The summed E-state index contributed by atoms with van der Waals surface area (Å²) in [6, 6.07) is 12.9. The van der Waals surface area contributed by atoms with Crippen molar-refractivity contribution in [2.45, 2.75) is 6.42 Å². The lowest BCUT2D eigenvalue weighted by Gasteiger charge is -2.09. The summed E-state index contributed by atoms with van der Waals surface area (Å²) in [6.07, 6.45) is -0.166. The topological polar surface area (TPSA) is 67.4 Å². The maximum atomic E-state index is 13.4. The molecule has 0 aliphatic rings. The summed E-state index contributed by atoms with van der Waals surface area (Å²) in [5, 5.41) is 0. The molecule has 7 heteroatoms. The molecule has 2 rings (SSSR count). The largest absolute Gasteiger partial charge is 0.484 e. The molecular formula is C16H14BrFN2O3. The maximum Gasteiger partial charge on any atom is 0.276 e. The molecule has 2 amide bonds. The Morgan fingerprint density at radius 1 is 1.00 bits per heavy atom. The highest BCUT2D eigenvalue weighted by Gasteiger charge is 2.09. The first kappa shape index (κ1) is 17.0. The molecule has 0 heterocycles. The quantitative estimate of drug-likeness (QED) is 0.782. The number of hydrogen-bond donors (Lipinski definition) is 2. The third-order valence-corrected chi connectivity index (χ3v) is 3.36. The minimum absolute atomic E-state index is 0.166. The Balaban J connectivity index is 1.72. The summed E-state index contributed by atoms with van der Waals surface area (Å²) in [5.41, 5.74) is 4.67. The summed E-state index contributed by atoms with van der Waals surface area (Å²) in [4.78, 5) is 23.2. The summed E-state index contributed by atoms with van der Waals surface area (Å²) in [6.45, 7) is -0.248. The van der Waals surface area contributed by atoms with Gasteiger partial charge in [0.15, 0.2) is 6.61 Å². The van der Waals surface area contributed by atoms with Crippen molar-refractivity contribution in [2.75, 3.05) is 6.61 Å². The van der Waals surface area contributed by atoms with Gasteiger partial charge in [0.25, 0.3) is 5.91 Å². The van der Waals surface area contributed by atoms with Gasteiger partial charge in [0, 0.05) is 4.47 Å². The number of carbonyl (C=O) groups is 2. The zero-order valence-corrected chi connectivity index (χ0v) is 13.6. The zero-order chi connectivity index (χ0) is 16.7. The van der Waals surface area contributed by atoms with E-state index in [2.05, 4.69) is 26.8 Å². The van der Waals surface area contributed by atoms with Crippen molar-refractivity contribution in [1.82, 2.24) is 10.9 Å². The Hall–Kier alpha value is -2.41. The molecular weight excluding hydrogens is 367 g/mol. The number of hydrazine groups is 1. The number of rotatable bonds is 5. The van der Waals surface area contributed by atoms with Crippen LogP contribution in [0.1, 0.15) is 5.56 Å². The summed E-state index contributed by atoms with van der Waals surface area (Å²) >= 11 is 3.29. The second kappa shape index (κ2) is 8.28. The first-order valence-corrected chi connectivity index (χ1v) is 7.53. The highest BCUT2D eigenvalue weighted by Crippen LogP contribution is 2.15. The first-order chi connectivity index (χ1) is 11.0. The van der Waals surface area contributed by atoms with Gasteiger partial charge in [-0.1, -0.05) is 34.1 Å². The Morgan fingerprint density at radius 2 is 1.65 bits per heavy atom. The molecule has 23 heavy (non-hydrogen) atoms. The van der Waals surface area contributed by atoms with Crippen LogP contribution in [0.2, 0.25) is 0 Å². The van der Waals surface area contributed by atoms with Crippen molar-refractivity contribution in [3.8, 4) is 5.75 Å². The zero-order valence-electron chi connectivity index (χ0n) is 12.0. The van der Waals surface area contributed by atoms with Crippen LogP contribution in [0.25, 0.3) is 0 Å². The summed E-state index contributed by atoms with van der Waals surface area (Å²) in [5.74, 6) is -0.976. The van der Waals surface area contributed by atoms with E-state index in [0.717, 1.165) is 4.47 Å². The number of ether oxygens (including phenoxy) is 1. The lowest BCUT2D eigenvalue weighted by atomic mass is 10.1. The molecule has 0 saturated heterocycles. The lowest BCUT2D eigenvalue weighted by molar-refractivity contribution is -0.129. The van der Waals surface area contributed by atoms with Gasteiger partial charge in [0.2, 0.25) is 5.91 Å². The van der Waals surface area contributed by atoms with Crippen LogP contribution in [-0.2, 0) is 16.0 Å². The molecule has 0 aliphatic carbocycles. The fourth-order valence-electron chi connectivity index (χ4n) is 1.71. The molecule has 120 valence electrons. The fraction of sp³-hybridized carbons (Fsp3) is 0.125. The number of amides is 2. The molecule has 0 spiro atoms. The predicted octanol–water partition coefficient (Wildman–Crippen LogP) is 2.36. The highest BCUT2D eigenvalue weighted by molar-refractivity contribution is 9.10. The van der Waals surface area contributed by atoms with E-state index in [4.69, 9.17) is 4.74 Å². The average molecular weight is 381 g/mol. The van der Waals surface area contributed by atoms with Crippen LogP contribution in [0.3, 0.4) is 0 Å². The number of hydrogen-bond acceptors (Lipinski definition) is 3. The molecule has 2 aromatic rings. The van der Waals surface area contributed by atoms with Gasteiger partial charge in [-0.25, -0.2) is 4.39 Å². The third kappa shape index (κ3) is 5.71. The molecule has 0 unspecified atom stereocenters. The number of carbonyl (C=O) groups excluding carboxylic acids is 2. The van der Waals surface area contributed by atoms with Gasteiger partial charge in [-0.2, -0.15) is 0 Å². The SMILES string of the molecule is O=C(COc1ccc(Br)cc1)NNC(=O)Cc1ccccc1F. The van der Waals surface area contributed by atoms with E-state index >= 15 is 0 Å². The van der Waals surface area contributed by atoms with E-state index in [9.17, 15) is 14.0 Å². The van der Waals surface area contributed by atoms with Crippen molar-refractivity contribution in [3.63, 3.8) is 0 Å². The third-order valence-electron chi connectivity index (χ3n) is 2.83. The minimum Gasteiger partial charge on any atom is -0.484 e. The van der Waals surface area contributed by atoms with Crippen molar-refractivity contribution in [3.05, 3.63) is 64.4 Å². The van der Waals surface area contributed by atoms with Crippen molar-refractivity contribution in [2.24, 2.45) is 0 Å². The summed E-state index contributed by atoms with van der Waals surface area (Å²) in [7, 11) is 0. The lowest BCUT2D eigenvalue weighted by Crippen LogP contribution is -2.44. The predicted molar refractivity (Wildman–Crippen MR) is 86.0 cm³/mol. The molecule has 0 aromatic heterocycles. The van der Waals surface area contributed by atoms with E-state index in [1.165, 1.54) is 18.2 Å². The molecule has 0 saturated carbocycles. The Bertz CT molecular complexity index is 692. The van der Waals surface area contributed by atoms with Gasteiger partial charge < -0.3 is 4.74 Å². The molecule has 0 radical (unpaired) electrons. The normalized spacial score (nSPS) is 10.0. The molecule has 5 nitrogen and oxygen atoms in total. The van der Waals surface area contributed by atoms with E-state index in [1.807, 2.05) is 0 Å². The maximum absolute atomic E-state index is 13.4. The van der Waals surface area contributed by atoms with Crippen LogP contribution >= 0.6 is 15.9 Å². The van der Waals surface area contributed by atoms with Gasteiger partial charge in [-0.3, -0.25) is 20.4 Å². The van der Waals surface area contributed by atoms with E-state index < -0.39 is 17.6 Å². The van der Waals surface area contributed by atoms with Crippen LogP contribution in [0.15, 0.2) is 53.0 Å². The van der Waals surface area contributed by atoms with Gasteiger partial charge in [-0.15, -0.1) is 0 Å². The Labute approximate surface area is 140 Å². The first-order valence-electron chi connectivity index (χ1n) is 6.74. The number of nitrogens with one attached hydrogen (secondary N) is 2. The van der Waals surface area contributed by atoms with Crippen LogP contribution in [0, 0.1) is 5.82 Å². The Morgan fingerprint density at radius 3 is 2.35 bits per heavy atom. The fourth-order valence-corrected chi connectivity index (χ4v) is 1.98. The molecule has 2 aromatic carbocycles. The monoisotopic (exact) mass is 380 g/mol. The van der Waals surface area contributed by atoms with Crippen LogP contribution in [-0.4, -0.2) is 18.4 Å². The molecule has 0 atom stereocenters. The van der Waals surface area contributed by atoms with Gasteiger partial charge in [0.05, 0.1) is 6.42 Å². The second-order valence-electron chi connectivity index (χ2n) is 4.61. The van der Waals surface area contributed by atoms with Crippen molar-refractivity contribution < 1.29 is 18.7 Å². The second-order valence-corrected chi connectivity index (χ2v) is 5.52. The van der Waals surface area contributed by atoms with Gasteiger partial charge >= 0.3 is 0 Å². The number of benzene rings is 2. The van der Waals surface area contributed by atoms with Gasteiger partial charge in [0.1, 0.15) is 11.6 Å². The average Bonchev–Trinajstić information content (AvgIpc) is 2.54. The number of halogens is 2. The molecule has 0 fully saturated rings. The molecule has 0 aliphatic heterocycles. The molecule has 2 N–H and O–H groups in total. The van der Waals surface area contributed by atoms with E-state index in [-0.39, 0.29) is 18.6 Å². The van der Waals surface area contributed by atoms with Gasteiger partial charge in [-0.05, 0) is 35.9 Å².